The van der Waals surface area contributed by atoms with Gasteiger partial charge in [-0.1, -0.05) is 44.2 Å². The number of amides is 1. The molecule has 1 unspecified atom stereocenters. The lowest BCUT2D eigenvalue weighted by molar-refractivity contribution is -0.120. The van der Waals surface area contributed by atoms with Gasteiger partial charge in [0.1, 0.15) is 18.1 Å². The average Bonchev–Trinajstić information content (AvgIpc) is 2.83. The van der Waals surface area contributed by atoms with Crippen LogP contribution in [0.5, 0.6) is 5.75 Å². The van der Waals surface area contributed by atoms with Crippen molar-refractivity contribution in [3.63, 3.8) is 0 Å². The van der Waals surface area contributed by atoms with Crippen molar-refractivity contribution in [3.8, 4) is 5.75 Å². The number of carbonyl (C=O) groups excluding carboxylic acids is 1. The van der Waals surface area contributed by atoms with Crippen LogP contribution >= 0.6 is 0 Å². The van der Waals surface area contributed by atoms with Crippen LogP contribution in [0.25, 0.3) is 0 Å². The van der Waals surface area contributed by atoms with Crippen LogP contribution in [0, 0.1) is 11.7 Å². The van der Waals surface area contributed by atoms with E-state index in [1.165, 1.54) is 43.5 Å². The summed E-state index contributed by atoms with van der Waals surface area (Å²) in [7, 11) is -2.63. The first-order valence-corrected chi connectivity index (χ1v) is 12.4. The van der Waals surface area contributed by atoms with Gasteiger partial charge in [-0.05, 0) is 66.4 Å². The van der Waals surface area contributed by atoms with Crippen molar-refractivity contribution >= 4 is 21.6 Å². The SMILES string of the molecule is COc1ccc(S(=O)(=O)N(CC(=O)NC(CC(C)C)c2ccccc2)c2ccc(F)cc2)cc1. The molecule has 34 heavy (non-hydrogen) atoms. The highest BCUT2D eigenvalue weighted by Crippen LogP contribution is 2.26. The van der Waals surface area contributed by atoms with E-state index >= 15 is 0 Å². The molecular weight excluding hydrogens is 455 g/mol. The van der Waals surface area contributed by atoms with Crippen LogP contribution in [0.3, 0.4) is 0 Å². The zero-order valence-electron chi connectivity index (χ0n) is 19.4. The molecule has 3 aromatic rings. The summed E-state index contributed by atoms with van der Waals surface area (Å²) in [6, 6.07) is 20.2. The Bertz CT molecular complexity index is 1180. The molecule has 0 saturated carbocycles. The molecule has 1 N–H and O–H groups in total. The molecule has 0 saturated heterocycles. The average molecular weight is 485 g/mol. The van der Waals surface area contributed by atoms with E-state index in [0.717, 1.165) is 22.0 Å². The van der Waals surface area contributed by atoms with Gasteiger partial charge in [0.15, 0.2) is 0 Å². The molecule has 0 aliphatic rings. The summed E-state index contributed by atoms with van der Waals surface area (Å²) in [5, 5.41) is 2.98. The highest BCUT2D eigenvalue weighted by atomic mass is 32.2. The minimum atomic E-state index is -4.12. The Balaban J connectivity index is 1.91. The molecule has 0 aliphatic heterocycles. The van der Waals surface area contributed by atoms with E-state index < -0.39 is 28.3 Å². The van der Waals surface area contributed by atoms with Gasteiger partial charge in [-0.15, -0.1) is 0 Å². The lowest BCUT2D eigenvalue weighted by atomic mass is 9.97. The second-order valence-electron chi connectivity index (χ2n) is 8.32. The number of hydrogen-bond acceptors (Lipinski definition) is 4. The lowest BCUT2D eigenvalue weighted by Gasteiger charge is -2.26. The third kappa shape index (κ3) is 6.35. The van der Waals surface area contributed by atoms with Crippen molar-refractivity contribution in [3.05, 3.63) is 90.2 Å². The molecule has 0 fully saturated rings. The van der Waals surface area contributed by atoms with Gasteiger partial charge in [0.2, 0.25) is 5.91 Å². The van der Waals surface area contributed by atoms with E-state index in [-0.39, 0.29) is 16.6 Å². The maximum absolute atomic E-state index is 13.5. The smallest absolute Gasteiger partial charge is 0.264 e. The van der Waals surface area contributed by atoms with E-state index in [4.69, 9.17) is 4.74 Å². The number of halogens is 1. The van der Waals surface area contributed by atoms with Crippen LogP contribution in [0.4, 0.5) is 10.1 Å². The number of anilines is 1. The Morgan fingerprint density at radius 3 is 2.15 bits per heavy atom. The molecule has 0 bridgehead atoms. The van der Waals surface area contributed by atoms with E-state index in [0.29, 0.717) is 18.1 Å². The van der Waals surface area contributed by atoms with Gasteiger partial charge in [0.25, 0.3) is 10.0 Å². The molecule has 3 aromatic carbocycles. The number of ether oxygens (including phenoxy) is 1. The number of carbonyl (C=O) groups is 1. The summed E-state index contributed by atoms with van der Waals surface area (Å²) < 4.78 is 46.6. The molecule has 180 valence electrons. The summed E-state index contributed by atoms with van der Waals surface area (Å²) in [6.07, 6.45) is 0.692. The van der Waals surface area contributed by atoms with Crippen molar-refractivity contribution in [1.82, 2.24) is 5.32 Å². The molecule has 0 aromatic heterocycles. The number of sulfonamides is 1. The van der Waals surface area contributed by atoms with Crippen molar-refractivity contribution < 1.29 is 22.3 Å². The second-order valence-corrected chi connectivity index (χ2v) is 10.2. The molecule has 1 atom stereocenters. The third-order valence-electron chi connectivity index (χ3n) is 5.29. The molecule has 0 spiro atoms. The topological polar surface area (TPSA) is 75.7 Å². The summed E-state index contributed by atoms with van der Waals surface area (Å²) in [6.45, 7) is 3.66. The number of hydrogen-bond donors (Lipinski definition) is 1. The van der Waals surface area contributed by atoms with Gasteiger partial charge in [-0.3, -0.25) is 9.10 Å². The van der Waals surface area contributed by atoms with Gasteiger partial charge in [0.05, 0.1) is 23.7 Å². The highest BCUT2D eigenvalue weighted by Gasteiger charge is 2.28. The standard InChI is InChI=1S/C26H29FN2O4S/c1-19(2)17-25(20-7-5-4-6-8-20)28-26(30)18-29(22-11-9-21(27)10-12-22)34(31,32)24-15-13-23(33-3)14-16-24/h4-16,19,25H,17-18H2,1-3H3,(H,28,30). The Labute approximate surface area is 200 Å². The third-order valence-corrected chi connectivity index (χ3v) is 7.08. The number of methoxy groups -OCH3 is 1. The normalized spacial score (nSPS) is 12.3. The maximum Gasteiger partial charge on any atom is 0.264 e. The highest BCUT2D eigenvalue weighted by molar-refractivity contribution is 7.92. The predicted molar refractivity (Wildman–Crippen MR) is 131 cm³/mol. The quantitative estimate of drug-likeness (QED) is 0.443. The zero-order valence-corrected chi connectivity index (χ0v) is 20.3. The van der Waals surface area contributed by atoms with E-state index in [1.807, 2.05) is 30.3 Å². The molecule has 1 amide bonds. The van der Waals surface area contributed by atoms with Crippen LogP contribution in [0.1, 0.15) is 31.9 Å². The fourth-order valence-corrected chi connectivity index (χ4v) is 5.02. The summed E-state index contributed by atoms with van der Waals surface area (Å²) in [5.74, 6) is -0.155. The fraction of sp³-hybridized carbons (Fsp3) is 0.269. The molecule has 8 heteroatoms. The first kappa shape index (κ1) is 25.2. The largest absolute Gasteiger partial charge is 0.497 e. The van der Waals surface area contributed by atoms with Gasteiger partial charge >= 0.3 is 0 Å². The Morgan fingerprint density at radius 1 is 0.971 bits per heavy atom. The van der Waals surface area contributed by atoms with Crippen LogP contribution < -0.4 is 14.4 Å². The van der Waals surface area contributed by atoms with E-state index in [1.54, 1.807) is 0 Å². The second kappa shape index (κ2) is 11.2. The summed E-state index contributed by atoms with van der Waals surface area (Å²) in [5.41, 5.74) is 1.13. The molecule has 0 heterocycles. The van der Waals surface area contributed by atoms with Gasteiger partial charge in [0, 0.05) is 0 Å². The van der Waals surface area contributed by atoms with Crippen molar-refractivity contribution in [2.24, 2.45) is 5.92 Å². The van der Waals surface area contributed by atoms with Crippen molar-refractivity contribution in [1.29, 1.82) is 0 Å². The molecule has 0 aliphatic carbocycles. The predicted octanol–water partition coefficient (Wildman–Crippen LogP) is 4.93. The summed E-state index contributed by atoms with van der Waals surface area (Å²) >= 11 is 0. The minimum Gasteiger partial charge on any atom is -0.497 e. The lowest BCUT2D eigenvalue weighted by Crippen LogP contribution is -2.42. The van der Waals surface area contributed by atoms with Crippen molar-refractivity contribution in [2.75, 3.05) is 18.0 Å². The Hall–Kier alpha value is -3.39. The zero-order chi connectivity index (χ0) is 24.7. The van der Waals surface area contributed by atoms with E-state index in [9.17, 15) is 17.6 Å². The van der Waals surface area contributed by atoms with Gasteiger partial charge in [-0.25, -0.2) is 12.8 Å². The van der Waals surface area contributed by atoms with Crippen molar-refractivity contribution in [2.45, 2.75) is 31.2 Å². The van der Waals surface area contributed by atoms with Gasteiger partial charge < -0.3 is 10.1 Å². The fourth-order valence-electron chi connectivity index (χ4n) is 3.60. The first-order chi connectivity index (χ1) is 16.2. The number of nitrogens with one attached hydrogen (secondary N) is 1. The maximum atomic E-state index is 13.5. The van der Waals surface area contributed by atoms with Crippen LogP contribution in [-0.2, 0) is 14.8 Å². The van der Waals surface area contributed by atoms with Crippen LogP contribution in [0.15, 0.2) is 83.8 Å². The number of nitrogens with zero attached hydrogens (tertiary/aromatic N) is 1. The Kier molecular flexibility index (Phi) is 8.28. The Morgan fingerprint density at radius 2 is 1.59 bits per heavy atom. The molecule has 3 rings (SSSR count). The molecular formula is C26H29FN2O4S. The van der Waals surface area contributed by atoms with Crippen LogP contribution in [0.2, 0.25) is 0 Å². The summed E-state index contributed by atoms with van der Waals surface area (Å²) in [4.78, 5) is 13.1. The van der Waals surface area contributed by atoms with E-state index in [2.05, 4.69) is 19.2 Å². The minimum absolute atomic E-state index is 0.00721. The molecule has 0 radical (unpaired) electrons. The number of benzene rings is 3. The van der Waals surface area contributed by atoms with Crippen LogP contribution in [-0.4, -0.2) is 28.0 Å². The first-order valence-electron chi connectivity index (χ1n) is 11.0. The van der Waals surface area contributed by atoms with Gasteiger partial charge in [-0.2, -0.15) is 0 Å². The monoisotopic (exact) mass is 484 g/mol. The molecule has 6 nitrogen and oxygen atoms in total. The number of rotatable bonds is 10.